The van der Waals surface area contributed by atoms with E-state index in [1.165, 1.54) is 0 Å². The number of fused-ring (bicyclic) bond motifs is 2. The molecule has 0 radical (unpaired) electrons. The molecule has 0 spiro atoms. The molecule has 4 rings (SSSR count). The Morgan fingerprint density at radius 2 is 0.810 bits per heavy atom. The average molecular weight is 1090 g/mol. The number of carboxylic acid groups (broad SMARTS) is 2. The number of amides is 2. The van der Waals surface area contributed by atoms with Crippen LogP contribution in [0.1, 0.15) is 46.4 Å². The van der Waals surface area contributed by atoms with Crippen LogP contribution in [0.3, 0.4) is 0 Å². The summed E-state index contributed by atoms with van der Waals surface area (Å²) in [5, 5.41) is 27.7. The highest BCUT2D eigenvalue weighted by atomic mass is 79.9. The van der Waals surface area contributed by atoms with Crippen LogP contribution in [0.5, 0.6) is 0 Å². The third-order valence-corrected chi connectivity index (χ3v) is 11.1. The molecule has 2 aromatic carbocycles. The maximum absolute atomic E-state index is 12.6. The number of aromatic nitrogens is 2. The normalized spacial score (nSPS) is 11.3. The van der Waals surface area contributed by atoms with Crippen molar-refractivity contribution in [3.63, 3.8) is 0 Å². The molecule has 0 fully saturated rings. The van der Waals surface area contributed by atoms with Gasteiger partial charge in [0.25, 0.3) is 23.4 Å². The Morgan fingerprint density at radius 1 is 0.517 bits per heavy atom. The van der Waals surface area contributed by atoms with Gasteiger partial charge in [0.05, 0.1) is 11.1 Å². The molecular weight excluding hydrogens is 1050 g/mol. The summed E-state index contributed by atoms with van der Waals surface area (Å²) in [6, 6.07) is 7.34. The van der Waals surface area contributed by atoms with Gasteiger partial charge >= 0.3 is 24.3 Å². The number of aliphatic carboxylic acids is 2. The molecule has 0 aliphatic rings. The summed E-state index contributed by atoms with van der Waals surface area (Å²) in [6.07, 6.45) is -3.62. The molecule has 4 aromatic rings. The number of carbonyl (C=O) groups is 6. The minimum absolute atomic E-state index is 0.348. The van der Waals surface area contributed by atoms with Gasteiger partial charge in [-0.25, -0.2) is 9.59 Å². The van der Waals surface area contributed by atoms with Crippen molar-refractivity contribution in [1.82, 2.24) is 31.2 Å². The summed E-state index contributed by atoms with van der Waals surface area (Å²) in [6.45, 7) is 4.01. The van der Waals surface area contributed by atoms with Gasteiger partial charge < -0.3 is 41.4 Å². The lowest BCUT2D eigenvalue weighted by atomic mass is 10.1. The second kappa shape index (κ2) is 23.7. The van der Waals surface area contributed by atoms with Crippen LogP contribution in [-0.2, 0) is 19.2 Å². The number of halogens is 10. The molecule has 0 atom stereocenters. The Morgan fingerprint density at radius 3 is 1.12 bits per heavy atom. The molecular formula is C34H34Br4F6N6O8. The van der Waals surface area contributed by atoms with Gasteiger partial charge in [0.2, 0.25) is 0 Å². The molecule has 2 amide bonds. The monoisotopic (exact) mass is 1080 g/mol. The Bertz CT molecular complexity index is 1950. The molecule has 2 aromatic heterocycles. The Labute approximate surface area is 358 Å². The predicted molar refractivity (Wildman–Crippen MR) is 214 cm³/mol. The van der Waals surface area contributed by atoms with E-state index >= 15 is 0 Å². The van der Waals surface area contributed by atoms with Crippen LogP contribution < -0.4 is 21.3 Å². The highest BCUT2D eigenvalue weighted by Gasteiger charge is 2.39. The summed E-state index contributed by atoms with van der Waals surface area (Å²) in [5.41, 5.74) is 2.25. The van der Waals surface area contributed by atoms with Gasteiger partial charge in [-0.3, -0.25) is 19.2 Å². The number of benzene rings is 2. The second-order valence-electron chi connectivity index (χ2n) is 11.7. The number of ketones is 2. The number of hydrogen-bond donors (Lipinski definition) is 8. The van der Waals surface area contributed by atoms with Crippen molar-refractivity contribution in [1.29, 1.82) is 0 Å². The zero-order valence-corrected chi connectivity index (χ0v) is 36.0. The predicted octanol–water partition coefficient (Wildman–Crippen LogP) is 7.00. The average Bonchev–Trinajstić information content (AvgIpc) is 3.74. The lowest BCUT2D eigenvalue weighted by molar-refractivity contribution is -0.193. The summed E-state index contributed by atoms with van der Waals surface area (Å²) < 4.78 is 66.8. The van der Waals surface area contributed by atoms with Crippen molar-refractivity contribution in [2.24, 2.45) is 0 Å². The molecule has 8 N–H and O–H groups in total. The molecule has 0 aliphatic carbocycles. The Hall–Kier alpha value is -3.84. The van der Waals surface area contributed by atoms with Gasteiger partial charge in [-0.2, -0.15) is 26.3 Å². The number of carbonyl (C=O) groups excluding carboxylic acids is 4. The standard InChI is InChI=1S/C30H32Br4N6O4.2C2HF3O2/c31-21-11-17-19(15-39-25(17)13-23(21)33)27(41)29(43)37-9-3-7-35-5-1-2-6-36-8-4-10-38-30(44)28(42)20-16-40-26-14-24(34)22(32)12-18(20)26;2*3-2(4,5)1(6)7/h11-16,35-36,39-40H,1-10H2,(H,37,43)(H,38,44);2*(H,6,7). The van der Waals surface area contributed by atoms with Crippen molar-refractivity contribution >= 4 is 121 Å². The van der Waals surface area contributed by atoms with Crippen LogP contribution in [0.15, 0.2) is 54.6 Å². The first-order valence-corrected chi connectivity index (χ1v) is 19.8. The molecule has 0 saturated heterocycles. The van der Waals surface area contributed by atoms with E-state index in [1.54, 1.807) is 12.4 Å². The third-order valence-electron chi connectivity index (χ3n) is 7.42. The van der Waals surface area contributed by atoms with Crippen LogP contribution in [0.25, 0.3) is 21.8 Å². The Balaban J connectivity index is 0.000000707. The third kappa shape index (κ3) is 16.4. The Kier molecular flexibility index (Phi) is 20.5. The molecule has 0 unspecified atom stereocenters. The van der Waals surface area contributed by atoms with Gasteiger partial charge in [-0.15, -0.1) is 0 Å². The number of aromatic amines is 2. The number of Topliss-reactive ketones (excluding diaryl/α,β-unsaturated/α-hetero) is 2. The molecule has 0 aliphatic heterocycles. The number of nitrogens with one attached hydrogen (secondary N) is 6. The fourth-order valence-corrected chi connectivity index (χ4v) is 5.97. The van der Waals surface area contributed by atoms with Gasteiger partial charge in [0.1, 0.15) is 0 Å². The summed E-state index contributed by atoms with van der Waals surface area (Å²) in [5.74, 6) is -7.86. The molecule has 24 heteroatoms. The lowest BCUT2D eigenvalue weighted by Crippen LogP contribution is -2.33. The van der Waals surface area contributed by atoms with Crippen molar-refractivity contribution in [3.8, 4) is 0 Å². The maximum atomic E-state index is 12.6. The minimum atomic E-state index is -5.08. The minimum Gasteiger partial charge on any atom is -0.475 e. The number of H-pyrrole nitrogens is 2. The van der Waals surface area contributed by atoms with E-state index in [4.69, 9.17) is 19.8 Å². The van der Waals surface area contributed by atoms with Crippen molar-refractivity contribution < 1.29 is 65.3 Å². The molecule has 2 heterocycles. The number of hydrogen-bond acceptors (Lipinski definition) is 8. The zero-order valence-electron chi connectivity index (χ0n) is 29.7. The molecule has 0 saturated carbocycles. The van der Waals surface area contributed by atoms with Gasteiger partial charge in [-0.05, 0) is 140 Å². The SMILES string of the molecule is O=C(NCCCNCCCCNCCCNC(=O)C(=O)c1c[nH]c2cc(Br)c(Br)cc12)C(=O)c1c[nH]c2cc(Br)c(Br)cc12.O=C(O)C(F)(F)F.O=C(O)C(F)(F)F. The lowest BCUT2D eigenvalue weighted by Gasteiger charge is -2.08. The van der Waals surface area contributed by atoms with E-state index in [2.05, 4.69) is 95.0 Å². The smallest absolute Gasteiger partial charge is 0.475 e. The molecule has 0 bridgehead atoms. The number of rotatable bonds is 17. The van der Waals surface area contributed by atoms with E-state index in [0.29, 0.717) is 47.8 Å². The van der Waals surface area contributed by atoms with Crippen LogP contribution in [0.4, 0.5) is 26.3 Å². The number of carboxylic acids is 2. The highest BCUT2D eigenvalue weighted by molar-refractivity contribution is 9.13. The van der Waals surface area contributed by atoms with Crippen LogP contribution >= 0.6 is 63.7 Å². The maximum Gasteiger partial charge on any atom is 0.490 e. The summed E-state index contributed by atoms with van der Waals surface area (Å²) in [4.78, 5) is 73.8. The van der Waals surface area contributed by atoms with Crippen molar-refractivity contribution in [2.75, 3.05) is 39.3 Å². The molecule has 318 valence electrons. The van der Waals surface area contributed by atoms with E-state index in [1.807, 2.05) is 24.3 Å². The first-order valence-electron chi connectivity index (χ1n) is 16.6. The van der Waals surface area contributed by atoms with Crippen molar-refractivity contribution in [2.45, 2.75) is 38.0 Å². The largest absolute Gasteiger partial charge is 0.490 e. The van der Waals surface area contributed by atoms with E-state index in [0.717, 1.165) is 67.9 Å². The zero-order chi connectivity index (χ0) is 43.8. The van der Waals surface area contributed by atoms with Crippen molar-refractivity contribution in [3.05, 3.63) is 65.7 Å². The molecule has 14 nitrogen and oxygen atoms in total. The first-order chi connectivity index (χ1) is 27.1. The topological polar surface area (TPSA) is 223 Å². The quantitative estimate of drug-likeness (QED) is 0.0234. The van der Waals surface area contributed by atoms with E-state index < -0.39 is 47.7 Å². The summed E-state index contributed by atoms with van der Waals surface area (Å²) in [7, 11) is 0. The van der Waals surface area contributed by atoms with Crippen LogP contribution in [0.2, 0.25) is 0 Å². The number of unbranched alkanes of at least 4 members (excludes halogenated alkanes) is 1. The highest BCUT2D eigenvalue weighted by Crippen LogP contribution is 2.31. The fourth-order valence-electron chi connectivity index (χ4n) is 4.60. The second-order valence-corrected chi connectivity index (χ2v) is 15.1. The fraction of sp³-hybridized carbons (Fsp3) is 0.353. The van der Waals surface area contributed by atoms with Crippen LogP contribution in [0, 0.1) is 0 Å². The van der Waals surface area contributed by atoms with Gasteiger partial charge in [0.15, 0.2) is 0 Å². The van der Waals surface area contributed by atoms with Crippen LogP contribution in [-0.4, -0.2) is 107 Å². The van der Waals surface area contributed by atoms with Gasteiger partial charge in [0, 0.05) is 65.2 Å². The van der Waals surface area contributed by atoms with E-state index in [-0.39, 0.29) is 0 Å². The summed E-state index contributed by atoms with van der Waals surface area (Å²) >= 11 is 13.7. The molecule has 58 heavy (non-hydrogen) atoms. The first kappa shape index (κ1) is 50.3. The van der Waals surface area contributed by atoms with Gasteiger partial charge in [-0.1, -0.05) is 0 Å². The number of alkyl halides is 6. The van der Waals surface area contributed by atoms with E-state index in [9.17, 15) is 45.5 Å².